The molecule has 7 heteroatoms. The molecular formula is C16H22ClN3O3. The molecule has 23 heavy (non-hydrogen) atoms. The van der Waals surface area contributed by atoms with Gasteiger partial charge in [-0.3, -0.25) is 9.59 Å². The third-order valence-electron chi connectivity index (χ3n) is 3.94. The first-order chi connectivity index (χ1) is 11.1. The molecule has 1 atom stereocenters. The van der Waals surface area contributed by atoms with E-state index in [1.54, 1.807) is 25.1 Å². The molecule has 1 unspecified atom stereocenters. The molecule has 2 rings (SSSR count). The van der Waals surface area contributed by atoms with Crippen LogP contribution in [0.4, 0.5) is 5.69 Å². The lowest BCUT2D eigenvalue weighted by molar-refractivity contribution is -0.136. The number of carbonyl (C=O) groups excluding carboxylic acids is 2. The molecule has 0 aromatic heterocycles. The third kappa shape index (κ3) is 4.22. The predicted molar refractivity (Wildman–Crippen MR) is 89.7 cm³/mol. The molecule has 1 aromatic rings. The van der Waals surface area contributed by atoms with Crippen LogP contribution in [0.3, 0.4) is 0 Å². The summed E-state index contributed by atoms with van der Waals surface area (Å²) in [6.07, 6.45) is 0.602. The first-order valence-corrected chi connectivity index (χ1v) is 7.95. The topological polar surface area (TPSA) is 61.9 Å². The van der Waals surface area contributed by atoms with Crippen molar-refractivity contribution in [2.45, 2.75) is 12.5 Å². The van der Waals surface area contributed by atoms with Crippen LogP contribution in [0.15, 0.2) is 24.3 Å². The summed E-state index contributed by atoms with van der Waals surface area (Å²) in [5.74, 6) is -0.202. The molecule has 1 aromatic carbocycles. The van der Waals surface area contributed by atoms with Crippen LogP contribution in [-0.2, 0) is 14.3 Å². The van der Waals surface area contributed by atoms with Gasteiger partial charge in [0, 0.05) is 27.2 Å². The quantitative estimate of drug-likeness (QED) is 0.757. The number of rotatable bonds is 7. The molecule has 0 bridgehead atoms. The molecule has 0 aliphatic carbocycles. The van der Waals surface area contributed by atoms with Gasteiger partial charge < -0.3 is 19.9 Å². The Morgan fingerprint density at radius 3 is 2.91 bits per heavy atom. The molecule has 0 spiro atoms. The molecule has 0 saturated carbocycles. The summed E-state index contributed by atoms with van der Waals surface area (Å²) in [5, 5.41) is 3.53. The van der Waals surface area contributed by atoms with Gasteiger partial charge in [-0.05, 0) is 18.6 Å². The molecule has 6 nitrogen and oxygen atoms in total. The first-order valence-electron chi connectivity index (χ1n) is 7.57. The lowest BCUT2D eigenvalue weighted by atomic mass is 10.2. The minimum atomic E-state index is -0.442. The Morgan fingerprint density at radius 1 is 1.48 bits per heavy atom. The summed E-state index contributed by atoms with van der Waals surface area (Å²) in [6.45, 7) is 1.89. The summed E-state index contributed by atoms with van der Waals surface area (Å²) in [4.78, 5) is 27.9. The summed E-state index contributed by atoms with van der Waals surface area (Å²) < 4.78 is 4.91. The number of hydrogen-bond acceptors (Lipinski definition) is 4. The standard InChI is InChI=1S/C16H22ClN3O3/c1-19(15(21)11-18-8-10-23-2)14-7-9-20(16(14)22)13-6-4-3-5-12(13)17/h3-6,14,18H,7-11H2,1-2H3. The zero-order chi connectivity index (χ0) is 16.8. The lowest BCUT2D eigenvalue weighted by Crippen LogP contribution is -2.46. The second-order valence-corrected chi connectivity index (χ2v) is 5.83. The van der Waals surface area contributed by atoms with Gasteiger partial charge in [0.1, 0.15) is 6.04 Å². The van der Waals surface area contributed by atoms with Gasteiger partial charge >= 0.3 is 0 Å². The number of ether oxygens (including phenoxy) is 1. The fourth-order valence-corrected chi connectivity index (χ4v) is 2.84. The highest BCUT2D eigenvalue weighted by atomic mass is 35.5. The van der Waals surface area contributed by atoms with E-state index in [1.807, 2.05) is 18.2 Å². The van der Waals surface area contributed by atoms with Crippen molar-refractivity contribution >= 4 is 29.1 Å². The van der Waals surface area contributed by atoms with Crippen molar-refractivity contribution in [1.29, 1.82) is 0 Å². The maximum atomic E-state index is 12.6. The van der Waals surface area contributed by atoms with Crippen LogP contribution in [0.2, 0.25) is 5.02 Å². The van der Waals surface area contributed by atoms with E-state index in [1.165, 1.54) is 4.90 Å². The van der Waals surface area contributed by atoms with Gasteiger partial charge in [0.25, 0.3) is 0 Å². The monoisotopic (exact) mass is 339 g/mol. The molecule has 1 heterocycles. The van der Waals surface area contributed by atoms with E-state index in [-0.39, 0.29) is 18.4 Å². The van der Waals surface area contributed by atoms with Crippen LogP contribution >= 0.6 is 11.6 Å². The van der Waals surface area contributed by atoms with Crippen molar-refractivity contribution in [2.75, 3.05) is 45.3 Å². The maximum absolute atomic E-state index is 12.6. The first kappa shape index (κ1) is 17.7. The number of benzene rings is 1. The van der Waals surface area contributed by atoms with Gasteiger partial charge in [-0.25, -0.2) is 0 Å². The van der Waals surface area contributed by atoms with Crippen LogP contribution in [0.1, 0.15) is 6.42 Å². The van der Waals surface area contributed by atoms with E-state index in [4.69, 9.17) is 16.3 Å². The summed E-state index contributed by atoms with van der Waals surface area (Å²) in [6, 6.07) is 6.80. The fourth-order valence-electron chi connectivity index (χ4n) is 2.60. The van der Waals surface area contributed by atoms with Gasteiger partial charge in [0.2, 0.25) is 11.8 Å². The Morgan fingerprint density at radius 2 is 2.22 bits per heavy atom. The molecular weight excluding hydrogens is 318 g/mol. The number of hydrogen-bond donors (Lipinski definition) is 1. The normalized spacial score (nSPS) is 17.6. The van der Waals surface area contributed by atoms with Gasteiger partial charge in [-0.15, -0.1) is 0 Å². The summed E-state index contributed by atoms with van der Waals surface area (Å²) in [7, 11) is 3.27. The van der Waals surface area contributed by atoms with Gasteiger partial charge in [0.15, 0.2) is 0 Å². The van der Waals surface area contributed by atoms with E-state index in [0.717, 1.165) is 0 Å². The van der Waals surface area contributed by atoms with Crippen LogP contribution in [0.25, 0.3) is 0 Å². The molecule has 1 fully saturated rings. The highest BCUT2D eigenvalue weighted by molar-refractivity contribution is 6.34. The fraction of sp³-hybridized carbons (Fsp3) is 0.500. The Bertz CT molecular complexity index is 567. The van der Waals surface area contributed by atoms with Crippen molar-refractivity contribution in [3.63, 3.8) is 0 Å². The molecule has 0 radical (unpaired) electrons. The van der Waals surface area contributed by atoms with E-state index in [2.05, 4.69) is 5.32 Å². The number of para-hydroxylation sites is 1. The highest BCUT2D eigenvalue weighted by Gasteiger charge is 2.37. The lowest BCUT2D eigenvalue weighted by Gasteiger charge is -2.24. The van der Waals surface area contributed by atoms with Crippen molar-refractivity contribution in [1.82, 2.24) is 10.2 Å². The second-order valence-electron chi connectivity index (χ2n) is 5.42. The highest BCUT2D eigenvalue weighted by Crippen LogP contribution is 2.30. The van der Waals surface area contributed by atoms with E-state index in [0.29, 0.717) is 36.8 Å². The number of amides is 2. The second kappa shape index (κ2) is 8.29. The average Bonchev–Trinajstić information content (AvgIpc) is 2.92. The number of halogens is 1. The zero-order valence-corrected chi connectivity index (χ0v) is 14.2. The zero-order valence-electron chi connectivity index (χ0n) is 13.4. The van der Waals surface area contributed by atoms with Gasteiger partial charge in [0.05, 0.1) is 23.9 Å². The Hall–Kier alpha value is -1.63. The smallest absolute Gasteiger partial charge is 0.249 e. The van der Waals surface area contributed by atoms with Crippen molar-refractivity contribution in [3.8, 4) is 0 Å². The SMILES string of the molecule is COCCNCC(=O)N(C)C1CCN(c2ccccc2Cl)C1=O. The third-order valence-corrected chi connectivity index (χ3v) is 4.26. The molecule has 1 aliphatic heterocycles. The van der Waals surface area contributed by atoms with Crippen LogP contribution in [0, 0.1) is 0 Å². The number of methoxy groups -OCH3 is 1. The van der Waals surface area contributed by atoms with Crippen LogP contribution in [0.5, 0.6) is 0 Å². The number of nitrogens with zero attached hydrogens (tertiary/aromatic N) is 2. The van der Waals surface area contributed by atoms with Crippen molar-refractivity contribution in [2.24, 2.45) is 0 Å². The molecule has 1 saturated heterocycles. The maximum Gasteiger partial charge on any atom is 0.249 e. The summed E-state index contributed by atoms with van der Waals surface area (Å²) in [5.41, 5.74) is 0.695. The molecule has 1 N–H and O–H groups in total. The van der Waals surface area contributed by atoms with Crippen LogP contribution in [-0.4, -0.2) is 63.2 Å². The number of carbonyl (C=O) groups is 2. The molecule has 2 amide bonds. The Kier molecular flexibility index (Phi) is 6.38. The average molecular weight is 340 g/mol. The van der Waals surface area contributed by atoms with Gasteiger partial charge in [-0.1, -0.05) is 23.7 Å². The number of likely N-dealkylation sites (N-methyl/N-ethyl adjacent to an activating group) is 1. The van der Waals surface area contributed by atoms with Crippen molar-refractivity contribution < 1.29 is 14.3 Å². The largest absolute Gasteiger partial charge is 0.383 e. The van der Waals surface area contributed by atoms with Gasteiger partial charge in [-0.2, -0.15) is 0 Å². The minimum absolute atomic E-state index is 0.0918. The number of anilines is 1. The molecule has 1 aliphatic rings. The van der Waals surface area contributed by atoms with E-state index in [9.17, 15) is 9.59 Å². The number of nitrogens with one attached hydrogen (secondary N) is 1. The van der Waals surface area contributed by atoms with Crippen LogP contribution < -0.4 is 10.2 Å². The van der Waals surface area contributed by atoms with E-state index < -0.39 is 6.04 Å². The Labute approximate surface area is 141 Å². The summed E-state index contributed by atoms with van der Waals surface area (Å²) >= 11 is 6.16. The minimum Gasteiger partial charge on any atom is -0.383 e. The van der Waals surface area contributed by atoms with Crippen molar-refractivity contribution in [3.05, 3.63) is 29.3 Å². The van der Waals surface area contributed by atoms with E-state index >= 15 is 0 Å². The Balaban J connectivity index is 1.96. The molecule has 126 valence electrons. The predicted octanol–water partition coefficient (Wildman–Crippen LogP) is 1.14.